The summed E-state index contributed by atoms with van der Waals surface area (Å²) in [6.07, 6.45) is -0.320. The molecule has 6 nitrogen and oxygen atoms in total. The van der Waals surface area contributed by atoms with E-state index in [4.69, 9.17) is 14.2 Å². The van der Waals surface area contributed by atoms with Crippen LogP contribution in [0.4, 0.5) is 11.4 Å². The van der Waals surface area contributed by atoms with Gasteiger partial charge in [0.05, 0.1) is 20.3 Å². The number of nitrogens with one attached hydrogen (secondary N) is 2. The molecule has 29 heavy (non-hydrogen) atoms. The number of fused-ring (bicyclic) bond motifs is 1. The lowest BCUT2D eigenvalue weighted by molar-refractivity contribution is -0.0441. The number of carbonyl (C=O) groups is 1. The van der Waals surface area contributed by atoms with Crippen molar-refractivity contribution in [2.75, 3.05) is 37.5 Å². The normalized spacial score (nSPS) is 14.1. The molecule has 3 aromatic rings. The molecule has 1 amide bonds. The Hall–Kier alpha value is -3.09. The first-order valence-electron chi connectivity index (χ1n) is 9.68. The van der Waals surface area contributed by atoms with E-state index in [1.54, 1.807) is 7.11 Å². The molecule has 1 saturated heterocycles. The summed E-state index contributed by atoms with van der Waals surface area (Å²) in [5.41, 5.74) is 3.15. The topological polar surface area (TPSA) is 68.8 Å². The molecule has 1 aliphatic rings. The van der Waals surface area contributed by atoms with E-state index in [0.717, 1.165) is 40.0 Å². The third-order valence-corrected chi connectivity index (χ3v) is 4.85. The number of hydrogen-bond acceptors (Lipinski definition) is 5. The minimum atomic E-state index is -0.320. The fraction of sp³-hybridized carbons (Fsp3) is 0.261. The Balaban J connectivity index is 1.57. The summed E-state index contributed by atoms with van der Waals surface area (Å²) in [5, 5.41) is 8.29. The van der Waals surface area contributed by atoms with Gasteiger partial charge in [0.2, 0.25) is 0 Å². The highest BCUT2D eigenvalue weighted by Gasteiger charge is 2.18. The molecule has 1 heterocycles. The van der Waals surface area contributed by atoms with E-state index in [9.17, 15) is 4.79 Å². The predicted molar refractivity (Wildman–Crippen MR) is 114 cm³/mol. The van der Waals surface area contributed by atoms with Crippen molar-refractivity contribution in [1.82, 2.24) is 0 Å². The van der Waals surface area contributed by atoms with Crippen LogP contribution in [0.15, 0.2) is 54.6 Å². The van der Waals surface area contributed by atoms with Crippen molar-refractivity contribution in [2.45, 2.75) is 13.2 Å². The van der Waals surface area contributed by atoms with Gasteiger partial charge in [-0.25, -0.2) is 0 Å². The minimum absolute atomic E-state index is 0.164. The third kappa shape index (κ3) is 4.18. The molecule has 150 valence electrons. The number of benzene rings is 3. The highest BCUT2D eigenvalue weighted by Crippen LogP contribution is 2.30. The first-order chi connectivity index (χ1) is 14.2. The van der Waals surface area contributed by atoms with Crippen LogP contribution in [0.3, 0.4) is 0 Å². The number of carbonyl (C=O) groups excluding carboxylic acids is 1. The van der Waals surface area contributed by atoms with Crippen LogP contribution >= 0.6 is 0 Å². The molecule has 0 unspecified atom stereocenters. The van der Waals surface area contributed by atoms with Gasteiger partial charge in [0.15, 0.2) is 6.29 Å². The van der Waals surface area contributed by atoms with Crippen LogP contribution in [0.25, 0.3) is 10.8 Å². The lowest BCUT2D eigenvalue weighted by atomic mass is 10.0. The van der Waals surface area contributed by atoms with Crippen LogP contribution in [0, 0.1) is 0 Å². The van der Waals surface area contributed by atoms with Crippen molar-refractivity contribution in [1.29, 1.82) is 0 Å². The quantitative estimate of drug-likeness (QED) is 0.643. The number of rotatable bonds is 6. The standard InChI is InChI=1S/C23H24N2O4/c1-3-24-21-13-17(12-16-6-9-19(27-2)14-20(16)21)22(26)25-18-7-4-15(5-8-18)23-28-10-11-29-23/h4-9,12-14,23-24H,3,10-11H2,1-2H3,(H,25,26). The molecule has 0 aromatic heterocycles. The Morgan fingerprint density at radius 1 is 1.07 bits per heavy atom. The number of amides is 1. The number of anilines is 2. The van der Waals surface area contributed by atoms with Crippen molar-refractivity contribution >= 4 is 28.1 Å². The summed E-state index contributed by atoms with van der Waals surface area (Å²) < 4.78 is 16.3. The van der Waals surface area contributed by atoms with E-state index < -0.39 is 0 Å². The van der Waals surface area contributed by atoms with Crippen LogP contribution in [0.2, 0.25) is 0 Å². The zero-order chi connectivity index (χ0) is 20.2. The second-order valence-electron chi connectivity index (χ2n) is 6.79. The van der Waals surface area contributed by atoms with Crippen molar-refractivity contribution < 1.29 is 19.0 Å². The average molecular weight is 392 g/mol. The summed E-state index contributed by atoms with van der Waals surface area (Å²) in [7, 11) is 1.64. The Labute approximate surface area is 169 Å². The molecule has 0 radical (unpaired) electrons. The second kappa shape index (κ2) is 8.51. The average Bonchev–Trinajstić information content (AvgIpc) is 3.29. The van der Waals surface area contributed by atoms with Gasteiger partial charge < -0.3 is 24.8 Å². The maximum absolute atomic E-state index is 12.9. The molecule has 3 aromatic carbocycles. The van der Waals surface area contributed by atoms with E-state index in [0.29, 0.717) is 18.8 Å². The van der Waals surface area contributed by atoms with Gasteiger partial charge in [-0.1, -0.05) is 18.2 Å². The maximum Gasteiger partial charge on any atom is 0.255 e. The molecular formula is C23H24N2O4. The van der Waals surface area contributed by atoms with Crippen molar-refractivity contribution in [3.05, 3.63) is 65.7 Å². The molecule has 1 fully saturated rings. The highest BCUT2D eigenvalue weighted by atomic mass is 16.7. The molecule has 1 aliphatic heterocycles. The maximum atomic E-state index is 12.9. The minimum Gasteiger partial charge on any atom is -0.497 e. The zero-order valence-electron chi connectivity index (χ0n) is 16.5. The van der Waals surface area contributed by atoms with E-state index in [-0.39, 0.29) is 12.2 Å². The van der Waals surface area contributed by atoms with Crippen LogP contribution < -0.4 is 15.4 Å². The van der Waals surface area contributed by atoms with Crippen LogP contribution in [-0.2, 0) is 9.47 Å². The Bertz CT molecular complexity index is 1010. The Morgan fingerprint density at radius 3 is 2.52 bits per heavy atom. The summed E-state index contributed by atoms with van der Waals surface area (Å²) >= 11 is 0. The fourth-order valence-corrected chi connectivity index (χ4v) is 3.41. The van der Waals surface area contributed by atoms with Crippen LogP contribution in [-0.4, -0.2) is 32.8 Å². The number of ether oxygens (including phenoxy) is 3. The van der Waals surface area contributed by atoms with Gasteiger partial charge in [0.25, 0.3) is 5.91 Å². The van der Waals surface area contributed by atoms with Crippen LogP contribution in [0.1, 0.15) is 29.1 Å². The molecule has 6 heteroatoms. The van der Waals surface area contributed by atoms with E-state index in [2.05, 4.69) is 10.6 Å². The number of methoxy groups -OCH3 is 1. The molecular weight excluding hydrogens is 368 g/mol. The molecule has 0 aliphatic carbocycles. The second-order valence-corrected chi connectivity index (χ2v) is 6.79. The smallest absolute Gasteiger partial charge is 0.255 e. The first-order valence-corrected chi connectivity index (χ1v) is 9.68. The monoisotopic (exact) mass is 392 g/mol. The first kappa shape index (κ1) is 19.2. The molecule has 0 atom stereocenters. The van der Waals surface area contributed by atoms with Crippen molar-refractivity contribution in [2.24, 2.45) is 0 Å². The molecule has 0 spiro atoms. The van der Waals surface area contributed by atoms with Gasteiger partial charge in [-0.3, -0.25) is 4.79 Å². The molecule has 0 saturated carbocycles. The third-order valence-electron chi connectivity index (χ3n) is 4.85. The summed E-state index contributed by atoms with van der Waals surface area (Å²) in [6.45, 7) is 3.98. The van der Waals surface area contributed by atoms with Gasteiger partial charge in [-0.15, -0.1) is 0 Å². The summed E-state index contributed by atoms with van der Waals surface area (Å²) in [5.74, 6) is 0.618. The summed E-state index contributed by atoms with van der Waals surface area (Å²) in [6, 6.07) is 17.1. The van der Waals surface area contributed by atoms with Gasteiger partial charge in [-0.2, -0.15) is 0 Å². The van der Waals surface area contributed by atoms with E-state index in [1.165, 1.54) is 0 Å². The Morgan fingerprint density at radius 2 is 1.83 bits per heavy atom. The van der Waals surface area contributed by atoms with Gasteiger partial charge in [0, 0.05) is 34.4 Å². The van der Waals surface area contributed by atoms with E-state index in [1.807, 2.05) is 61.5 Å². The van der Waals surface area contributed by atoms with Crippen molar-refractivity contribution in [3.63, 3.8) is 0 Å². The zero-order valence-corrected chi connectivity index (χ0v) is 16.5. The van der Waals surface area contributed by atoms with Gasteiger partial charge in [-0.05, 0) is 48.7 Å². The lowest BCUT2D eigenvalue weighted by Gasteiger charge is -2.13. The lowest BCUT2D eigenvalue weighted by Crippen LogP contribution is -2.13. The molecule has 4 rings (SSSR count). The van der Waals surface area contributed by atoms with Crippen LogP contribution in [0.5, 0.6) is 5.75 Å². The number of hydrogen-bond donors (Lipinski definition) is 2. The molecule has 0 bridgehead atoms. The van der Waals surface area contributed by atoms with Gasteiger partial charge >= 0.3 is 0 Å². The molecule has 2 N–H and O–H groups in total. The predicted octanol–water partition coefficient (Wildman–Crippen LogP) is 4.58. The highest BCUT2D eigenvalue weighted by molar-refractivity contribution is 6.09. The van der Waals surface area contributed by atoms with Gasteiger partial charge in [0.1, 0.15) is 5.75 Å². The van der Waals surface area contributed by atoms with E-state index >= 15 is 0 Å². The van der Waals surface area contributed by atoms with Crippen molar-refractivity contribution in [3.8, 4) is 5.75 Å². The largest absolute Gasteiger partial charge is 0.497 e. The summed E-state index contributed by atoms with van der Waals surface area (Å²) in [4.78, 5) is 12.9. The SMILES string of the molecule is CCNc1cc(C(=O)Nc2ccc(C3OCCO3)cc2)cc2ccc(OC)cc12. The Kier molecular flexibility index (Phi) is 5.64. The fourth-order valence-electron chi connectivity index (χ4n) is 3.41.